The van der Waals surface area contributed by atoms with Crippen LogP contribution in [0.5, 0.6) is 0 Å². The third-order valence-corrected chi connectivity index (χ3v) is 5.35. The van der Waals surface area contributed by atoms with E-state index in [1.807, 2.05) is 0 Å². The summed E-state index contributed by atoms with van der Waals surface area (Å²) in [5.41, 5.74) is -1.74. The smallest absolute Gasteiger partial charge is 0.353 e. The van der Waals surface area contributed by atoms with Crippen LogP contribution >= 0.6 is 0 Å². The number of esters is 1. The van der Waals surface area contributed by atoms with Crippen LogP contribution in [0.25, 0.3) is 0 Å². The van der Waals surface area contributed by atoms with E-state index in [2.05, 4.69) is 11.3 Å². The number of carbonyl (C=O) groups is 4. The van der Waals surface area contributed by atoms with Gasteiger partial charge in [0.15, 0.2) is 5.37 Å². The van der Waals surface area contributed by atoms with E-state index in [0.717, 1.165) is 6.92 Å². The van der Waals surface area contributed by atoms with Crippen LogP contribution in [0, 0.1) is 0 Å². The van der Waals surface area contributed by atoms with Gasteiger partial charge in [0.1, 0.15) is 12.3 Å². The summed E-state index contributed by atoms with van der Waals surface area (Å²) < 4.78 is 29.5. The largest absolute Gasteiger partial charge is 0.478 e. The Balaban J connectivity index is 2.65. The van der Waals surface area contributed by atoms with Crippen molar-refractivity contribution >= 4 is 33.7 Å². The third-order valence-electron chi connectivity index (χ3n) is 3.37. The summed E-state index contributed by atoms with van der Waals surface area (Å²) in [7, 11) is -4.33. The number of carboxylic acids is 2. The van der Waals surface area contributed by atoms with Gasteiger partial charge in [-0.15, -0.1) is 0 Å². The van der Waals surface area contributed by atoms with Crippen molar-refractivity contribution in [3.05, 3.63) is 34.4 Å². The van der Waals surface area contributed by atoms with E-state index >= 15 is 0 Å². The minimum Gasteiger partial charge on any atom is -0.478 e. The SMILES string of the molecule is C=C1C(COC(C)=O)=C(C(=O)O)N2C(=O)/C(=C/C(=O)O)[C@H]2S1(=O)=O. The Labute approximate surface area is 135 Å². The van der Waals surface area contributed by atoms with Crippen LogP contribution < -0.4 is 0 Å². The molecule has 0 aromatic carbocycles. The van der Waals surface area contributed by atoms with E-state index in [9.17, 15) is 32.7 Å². The molecular weight excluding hydrogens is 346 g/mol. The van der Waals surface area contributed by atoms with Crippen molar-refractivity contribution in [2.24, 2.45) is 0 Å². The first-order valence-corrected chi connectivity index (χ1v) is 7.85. The predicted molar refractivity (Wildman–Crippen MR) is 75.7 cm³/mol. The molecule has 1 fully saturated rings. The first kappa shape index (κ1) is 17.4. The molecule has 1 amide bonds. The first-order chi connectivity index (χ1) is 11.0. The van der Waals surface area contributed by atoms with E-state index in [1.165, 1.54) is 0 Å². The fourth-order valence-electron chi connectivity index (χ4n) is 2.35. The second-order valence-corrected chi connectivity index (χ2v) is 6.88. The van der Waals surface area contributed by atoms with Gasteiger partial charge in [0.2, 0.25) is 9.84 Å². The number of β-lactam (4-membered cyclic amide) rings is 1. The second kappa shape index (κ2) is 5.60. The number of hydrogen-bond acceptors (Lipinski definition) is 7. The number of amides is 1. The molecule has 0 radical (unpaired) electrons. The lowest BCUT2D eigenvalue weighted by Gasteiger charge is -2.45. The molecule has 1 saturated heterocycles. The number of sulfone groups is 1. The highest BCUT2D eigenvalue weighted by Crippen LogP contribution is 2.44. The Hall–Kier alpha value is -2.95. The van der Waals surface area contributed by atoms with Gasteiger partial charge in [-0.1, -0.05) is 6.58 Å². The van der Waals surface area contributed by atoms with Crippen LogP contribution in [0.1, 0.15) is 6.92 Å². The van der Waals surface area contributed by atoms with Crippen molar-refractivity contribution in [1.82, 2.24) is 4.90 Å². The Morgan fingerprint density at radius 1 is 1.33 bits per heavy atom. The molecule has 0 aromatic heterocycles. The van der Waals surface area contributed by atoms with E-state index in [1.54, 1.807) is 0 Å². The number of carboxylic acid groups (broad SMARTS) is 2. The van der Waals surface area contributed by atoms with Crippen LogP contribution in [0.3, 0.4) is 0 Å². The molecule has 24 heavy (non-hydrogen) atoms. The Bertz CT molecular complexity index is 862. The molecule has 0 bridgehead atoms. The summed E-state index contributed by atoms with van der Waals surface area (Å²) in [5, 5.41) is 16.2. The molecule has 0 spiro atoms. The molecule has 0 unspecified atom stereocenters. The molecule has 2 N–H and O–H groups in total. The van der Waals surface area contributed by atoms with Crippen molar-refractivity contribution in [2.75, 3.05) is 6.61 Å². The number of nitrogens with zero attached hydrogens (tertiary/aromatic N) is 1. The van der Waals surface area contributed by atoms with E-state index < -0.39 is 67.4 Å². The fraction of sp³-hybridized carbons (Fsp3) is 0.231. The van der Waals surface area contributed by atoms with Gasteiger partial charge in [-0.05, 0) is 0 Å². The molecule has 2 rings (SSSR count). The molecule has 2 aliphatic heterocycles. The number of fused-ring (bicyclic) bond motifs is 1. The molecular formula is C13H11NO9S. The van der Waals surface area contributed by atoms with E-state index in [4.69, 9.17) is 5.11 Å². The maximum absolute atomic E-state index is 12.4. The number of ether oxygens (including phenoxy) is 1. The maximum Gasteiger partial charge on any atom is 0.353 e. The van der Waals surface area contributed by atoms with Crippen molar-refractivity contribution in [2.45, 2.75) is 12.3 Å². The Kier molecular flexibility index (Phi) is 4.06. The quantitative estimate of drug-likeness (QED) is 0.366. The highest BCUT2D eigenvalue weighted by Gasteiger charge is 2.58. The van der Waals surface area contributed by atoms with Gasteiger partial charge in [0.05, 0.1) is 10.5 Å². The summed E-state index contributed by atoms with van der Waals surface area (Å²) in [4.78, 5) is 44.9. The lowest BCUT2D eigenvalue weighted by molar-refractivity contribution is -0.143. The monoisotopic (exact) mass is 357 g/mol. The third kappa shape index (κ3) is 2.48. The molecule has 128 valence electrons. The zero-order chi connectivity index (χ0) is 18.4. The van der Waals surface area contributed by atoms with E-state index in [-0.39, 0.29) is 0 Å². The number of carbonyl (C=O) groups excluding carboxylic acids is 2. The topological polar surface area (TPSA) is 155 Å². The minimum absolute atomic E-state index is 0.408. The summed E-state index contributed by atoms with van der Waals surface area (Å²) in [6.45, 7) is 3.63. The van der Waals surface area contributed by atoms with Gasteiger partial charge in [-0.2, -0.15) is 0 Å². The summed E-state index contributed by atoms with van der Waals surface area (Å²) >= 11 is 0. The standard InChI is InChI=1S/C13H11NO9S/c1-5-8(4-23-6(2)15)10(13(19)20)14-11(18)7(3-9(16)17)12(14)24(5,21)22/h3,12H,1,4H2,2H3,(H,16,17)(H,19,20)/b7-3-/t12-/m1/s1. The highest BCUT2D eigenvalue weighted by atomic mass is 32.2. The Morgan fingerprint density at radius 3 is 2.38 bits per heavy atom. The van der Waals surface area contributed by atoms with Crippen LogP contribution in [0.2, 0.25) is 0 Å². The van der Waals surface area contributed by atoms with Crippen molar-refractivity contribution < 1.29 is 42.5 Å². The van der Waals surface area contributed by atoms with Gasteiger partial charge in [-0.25, -0.2) is 18.0 Å². The maximum atomic E-state index is 12.4. The lowest BCUT2D eigenvalue weighted by Crippen LogP contribution is -2.62. The Morgan fingerprint density at radius 2 is 1.92 bits per heavy atom. The average molecular weight is 357 g/mol. The fourth-order valence-corrected chi connectivity index (χ4v) is 4.10. The molecule has 0 aromatic rings. The predicted octanol–water partition coefficient (Wildman–Crippen LogP) is -0.990. The van der Waals surface area contributed by atoms with Crippen LogP contribution in [-0.2, 0) is 33.8 Å². The summed E-state index contributed by atoms with van der Waals surface area (Å²) in [5.74, 6) is -5.05. The summed E-state index contributed by atoms with van der Waals surface area (Å²) in [6, 6.07) is 0. The van der Waals surface area contributed by atoms with Crippen LogP contribution in [0.15, 0.2) is 34.4 Å². The zero-order valence-corrected chi connectivity index (χ0v) is 13.0. The lowest BCUT2D eigenvalue weighted by atomic mass is 10.0. The molecule has 1 atom stereocenters. The molecule has 0 saturated carbocycles. The molecule has 0 aliphatic carbocycles. The highest BCUT2D eigenvalue weighted by molar-refractivity contribution is 7.96. The zero-order valence-electron chi connectivity index (χ0n) is 12.2. The second-order valence-electron chi connectivity index (χ2n) is 4.85. The normalized spacial score (nSPS) is 23.6. The van der Waals surface area contributed by atoms with Crippen molar-refractivity contribution in [3.63, 3.8) is 0 Å². The van der Waals surface area contributed by atoms with Gasteiger partial charge in [0, 0.05) is 18.6 Å². The van der Waals surface area contributed by atoms with Gasteiger partial charge < -0.3 is 14.9 Å². The molecule has 2 aliphatic rings. The van der Waals surface area contributed by atoms with Crippen molar-refractivity contribution in [3.8, 4) is 0 Å². The molecule has 10 nitrogen and oxygen atoms in total. The number of rotatable bonds is 4. The molecule has 2 heterocycles. The van der Waals surface area contributed by atoms with Crippen LogP contribution in [0.4, 0.5) is 0 Å². The van der Waals surface area contributed by atoms with Gasteiger partial charge in [-0.3, -0.25) is 14.5 Å². The minimum atomic E-state index is -4.33. The van der Waals surface area contributed by atoms with Crippen molar-refractivity contribution in [1.29, 1.82) is 0 Å². The molecule has 11 heteroatoms. The number of hydrogen-bond donors (Lipinski definition) is 2. The van der Waals surface area contributed by atoms with Gasteiger partial charge in [0.25, 0.3) is 5.91 Å². The van der Waals surface area contributed by atoms with Gasteiger partial charge >= 0.3 is 17.9 Å². The van der Waals surface area contributed by atoms with Crippen LogP contribution in [-0.4, -0.2) is 59.3 Å². The number of aliphatic carboxylic acids is 2. The average Bonchev–Trinajstić information content (AvgIpc) is 2.45. The summed E-state index contributed by atoms with van der Waals surface area (Å²) in [6.07, 6.45) is 0.408. The first-order valence-electron chi connectivity index (χ1n) is 6.31. The van der Waals surface area contributed by atoms with E-state index in [0.29, 0.717) is 11.0 Å².